The molecule has 6 nitrogen and oxygen atoms in total. The molecule has 0 saturated heterocycles. The van der Waals surface area contributed by atoms with Crippen molar-refractivity contribution in [3.05, 3.63) is 51.7 Å². The molecule has 1 aliphatic rings. The number of ether oxygens (including phenoxy) is 1. The number of hydrogen-bond acceptors (Lipinski definition) is 5. The minimum absolute atomic E-state index is 0.251. The lowest BCUT2D eigenvalue weighted by molar-refractivity contribution is 0.0526. The highest BCUT2D eigenvalue weighted by Crippen LogP contribution is 2.24. The van der Waals surface area contributed by atoms with Crippen molar-refractivity contribution in [2.45, 2.75) is 32.9 Å². The first-order valence-electron chi connectivity index (χ1n) is 9.18. The number of carbonyl (C=O) groups excluding carboxylic acids is 2. The number of thiophene rings is 1. The van der Waals surface area contributed by atoms with Gasteiger partial charge in [-0.3, -0.25) is 4.90 Å². The van der Waals surface area contributed by atoms with Crippen molar-refractivity contribution in [1.29, 1.82) is 0 Å². The van der Waals surface area contributed by atoms with Crippen molar-refractivity contribution >= 4 is 29.0 Å². The Hall–Kier alpha value is -2.38. The van der Waals surface area contributed by atoms with Gasteiger partial charge in [0.05, 0.1) is 12.2 Å². The molecule has 2 heterocycles. The van der Waals surface area contributed by atoms with Gasteiger partial charge in [0.2, 0.25) is 0 Å². The number of amides is 2. The highest BCUT2D eigenvalue weighted by atomic mass is 32.1. The van der Waals surface area contributed by atoms with E-state index >= 15 is 0 Å². The van der Waals surface area contributed by atoms with Crippen LogP contribution in [0.15, 0.2) is 35.7 Å². The number of fused-ring (bicyclic) bond motifs is 1. The highest BCUT2D eigenvalue weighted by Gasteiger charge is 2.21. The maximum Gasteiger partial charge on any atom is 0.338 e. The Morgan fingerprint density at radius 3 is 2.78 bits per heavy atom. The SMILES string of the molecule is CCOC(=O)c1ccc(NC(=O)NC[C@@H](C)N2CCc3sccc3C2)cc1. The van der Waals surface area contributed by atoms with Gasteiger partial charge in [0, 0.05) is 36.2 Å². The number of esters is 1. The molecule has 2 N–H and O–H groups in total. The predicted octanol–water partition coefficient (Wildman–Crippen LogP) is 3.49. The number of hydrogen-bond donors (Lipinski definition) is 2. The Morgan fingerprint density at radius 1 is 1.26 bits per heavy atom. The van der Waals surface area contributed by atoms with Crippen molar-refractivity contribution in [2.24, 2.45) is 0 Å². The van der Waals surface area contributed by atoms with Crippen molar-refractivity contribution in [3.63, 3.8) is 0 Å². The van der Waals surface area contributed by atoms with Crippen LogP contribution in [0.4, 0.5) is 10.5 Å². The molecule has 7 heteroatoms. The minimum Gasteiger partial charge on any atom is -0.462 e. The standard InChI is InChI=1S/C20H25N3O3S/c1-3-26-19(24)15-4-6-17(7-5-15)22-20(25)21-12-14(2)23-10-8-18-16(13-23)9-11-27-18/h4-7,9,11,14H,3,8,10,12-13H2,1-2H3,(H2,21,22,25)/t14-/m1/s1. The normalized spacial score (nSPS) is 14.9. The predicted molar refractivity (Wildman–Crippen MR) is 107 cm³/mol. The Bertz CT molecular complexity index is 788. The van der Waals surface area contributed by atoms with Gasteiger partial charge in [0.15, 0.2) is 0 Å². The molecule has 144 valence electrons. The Kier molecular flexibility index (Phi) is 6.47. The van der Waals surface area contributed by atoms with Gasteiger partial charge in [-0.2, -0.15) is 0 Å². The Balaban J connectivity index is 1.45. The van der Waals surface area contributed by atoms with Crippen LogP contribution in [0.3, 0.4) is 0 Å². The van der Waals surface area contributed by atoms with Crippen LogP contribution >= 0.6 is 11.3 Å². The molecule has 1 aliphatic heterocycles. The number of urea groups is 1. The van der Waals surface area contributed by atoms with E-state index in [-0.39, 0.29) is 18.0 Å². The van der Waals surface area contributed by atoms with Crippen molar-refractivity contribution in [1.82, 2.24) is 10.2 Å². The fourth-order valence-corrected chi connectivity index (χ4v) is 3.99. The second-order valence-electron chi connectivity index (χ2n) is 6.57. The number of nitrogens with one attached hydrogen (secondary N) is 2. The van der Waals surface area contributed by atoms with Crippen LogP contribution in [-0.2, 0) is 17.7 Å². The largest absolute Gasteiger partial charge is 0.462 e. The molecule has 0 saturated carbocycles. The molecule has 0 bridgehead atoms. The summed E-state index contributed by atoms with van der Waals surface area (Å²) in [4.78, 5) is 27.7. The van der Waals surface area contributed by atoms with Crippen molar-refractivity contribution < 1.29 is 14.3 Å². The molecule has 0 fully saturated rings. The third-order valence-electron chi connectivity index (χ3n) is 4.67. The van der Waals surface area contributed by atoms with Gasteiger partial charge in [-0.05, 0) is 61.5 Å². The Morgan fingerprint density at radius 2 is 2.04 bits per heavy atom. The van der Waals surface area contributed by atoms with Crippen LogP contribution in [0.25, 0.3) is 0 Å². The average Bonchev–Trinajstić information content (AvgIpc) is 3.14. The molecular formula is C20H25N3O3S. The van der Waals surface area contributed by atoms with Crippen molar-refractivity contribution in [3.8, 4) is 0 Å². The third-order valence-corrected chi connectivity index (χ3v) is 5.70. The summed E-state index contributed by atoms with van der Waals surface area (Å²) >= 11 is 1.83. The van der Waals surface area contributed by atoms with Gasteiger partial charge < -0.3 is 15.4 Å². The van der Waals surface area contributed by atoms with E-state index in [1.165, 1.54) is 10.4 Å². The van der Waals surface area contributed by atoms with E-state index in [9.17, 15) is 9.59 Å². The summed E-state index contributed by atoms with van der Waals surface area (Å²) in [6.07, 6.45) is 1.08. The fraction of sp³-hybridized carbons (Fsp3) is 0.400. The molecule has 0 radical (unpaired) electrons. The zero-order valence-corrected chi connectivity index (χ0v) is 16.5. The van der Waals surface area contributed by atoms with Gasteiger partial charge >= 0.3 is 12.0 Å². The Labute approximate surface area is 163 Å². The smallest absolute Gasteiger partial charge is 0.338 e. The molecule has 3 rings (SSSR count). The van der Waals surface area contributed by atoms with Crippen LogP contribution in [0.2, 0.25) is 0 Å². The fourth-order valence-electron chi connectivity index (χ4n) is 3.10. The summed E-state index contributed by atoms with van der Waals surface area (Å²) in [5.74, 6) is -0.363. The summed E-state index contributed by atoms with van der Waals surface area (Å²) in [5.41, 5.74) is 2.51. The van der Waals surface area contributed by atoms with E-state index in [0.29, 0.717) is 24.4 Å². The summed E-state index contributed by atoms with van der Waals surface area (Å²) in [6.45, 7) is 6.77. The molecule has 27 heavy (non-hydrogen) atoms. The first-order chi connectivity index (χ1) is 13.1. The van der Waals surface area contributed by atoms with E-state index in [0.717, 1.165) is 19.5 Å². The highest BCUT2D eigenvalue weighted by molar-refractivity contribution is 7.10. The molecule has 0 spiro atoms. The number of carbonyl (C=O) groups is 2. The van der Waals surface area contributed by atoms with E-state index in [4.69, 9.17) is 4.74 Å². The molecular weight excluding hydrogens is 362 g/mol. The van der Waals surface area contributed by atoms with Gasteiger partial charge in [0.25, 0.3) is 0 Å². The summed E-state index contributed by atoms with van der Waals surface area (Å²) < 4.78 is 4.95. The van der Waals surface area contributed by atoms with E-state index in [1.807, 2.05) is 11.3 Å². The summed E-state index contributed by atoms with van der Waals surface area (Å²) in [7, 11) is 0. The molecule has 2 aromatic rings. The van der Waals surface area contributed by atoms with Gasteiger partial charge in [-0.25, -0.2) is 9.59 Å². The van der Waals surface area contributed by atoms with E-state index in [1.54, 1.807) is 31.2 Å². The molecule has 0 aliphatic carbocycles. The second-order valence-corrected chi connectivity index (χ2v) is 7.57. The van der Waals surface area contributed by atoms with Crippen LogP contribution in [0.5, 0.6) is 0 Å². The monoisotopic (exact) mass is 387 g/mol. The average molecular weight is 388 g/mol. The van der Waals surface area contributed by atoms with Gasteiger partial charge in [-0.1, -0.05) is 0 Å². The van der Waals surface area contributed by atoms with Crippen LogP contribution in [0, 0.1) is 0 Å². The number of benzene rings is 1. The maximum atomic E-state index is 12.1. The number of anilines is 1. The quantitative estimate of drug-likeness (QED) is 0.745. The van der Waals surface area contributed by atoms with Crippen LogP contribution < -0.4 is 10.6 Å². The molecule has 0 unspecified atom stereocenters. The van der Waals surface area contributed by atoms with Crippen molar-refractivity contribution in [2.75, 3.05) is 25.0 Å². The van der Waals surface area contributed by atoms with E-state index in [2.05, 4.69) is 33.9 Å². The first-order valence-corrected chi connectivity index (χ1v) is 10.1. The molecule has 1 aromatic heterocycles. The summed E-state index contributed by atoms with van der Waals surface area (Å²) in [5, 5.41) is 7.86. The van der Waals surface area contributed by atoms with Gasteiger partial charge in [0.1, 0.15) is 0 Å². The zero-order chi connectivity index (χ0) is 19.2. The third kappa shape index (κ3) is 5.08. The molecule has 2 amide bonds. The van der Waals surface area contributed by atoms with E-state index < -0.39 is 0 Å². The topological polar surface area (TPSA) is 70.7 Å². The van der Waals surface area contributed by atoms with Crippen LogP contribution in [0.1, 0.15) is 34.6 Å². The lowest BCUT2D eigenvalue weighted by Crippen LogP contribution is -2.45. The zero-order valence-electron chi connectivity index (χ0n) is 15.7. The van der Waals surface area contributed by atoms with Gasteiger partial charge in [-0.15, -0.1) is 11.3 Å². The molecule has 1 atom stereocenters. The van der Waals surface area contributed by atoms with Crippen LogP contribution in [-0.4, -0.2) is 42.6 Å². The minimum atomic E-state index is -0.363. The first kappa shape index (κ1) is 19.4. The lowest BCUT2D eigenvalue weighted by Gasteiger charge is -2.32. The number of nitrogens with zero attached hydrogens (tertiary/aromatic N) is 1. The lowest BCUT2D eigenvalue weighted by atomic mass is 10.1. The maximum absolute atomic E-state index is 12.1. The number of rotatable bonds is 6. The second kappa shape index (κ2) is 9.01. The molecule has 1 aromatic carbocycles. The summed E-state index contributed by atoms with van der Waals surface area (Å²) in [6, 6.07) is 8.87.